The summed E-state index contributed by atoms with van der Waals surface area (Å²) in [6.07, 6.45) is 5.95. The number of aromatic nitrogens is 5. The molecule has 6 rings (SSSR count). The first-order chi connectivity index (χ1) is 16.8. The number of hydrogen-bond acceptors (Lipinski definition) is 9. The Morgan fingerprint density at radius 2 is 2.09 bits per heavy atom. The third-order valence-corrected chi connectivity index (χ3v) is 9.13. The van der Waals surface area contributed by atoms with Crippen molar-refractivity contribution in [3.63, 3.8) is 0 Å². The van der Waals surface area contributed by atoms with Gasteiger partial charge in [-0.05, 0) is 50.8 Å². The van der Waals surface area contributed by atoms with Gasteiger partial charge in [0.1, 0.15) is 11.3 Å². The molecule has 0 radical (unpaired) electrons. The summed E-state index contributed by atoms with van der Waals surface area (Å²) in [4.78, 5) is 13.9. The van der Waals surface area contributed by atoms with Crippen LogP contribution in [0, 0.1) is 11.3 Å². The molecule has 2 aliphatic rings. The van der Waals surface area contributed by atoms with E-state index < -0.39 is 14.6 Å². The van der Waals surface area contributed by atoms with Gasteiger partial charge < -0.3 is 13.8 Å². The number of fused-ring (bicyclic) bond motifs is 3. The molecule has 1 aliphatic heterocycles. The lowest BCUT2D eigenvalue weighted by Crippen LogP contribution is -2.26. The van der Waals surface area contributed by atoms with Crippen LogP contribution in [0.25, 0.3) is 21.9 Å². The zero-order valence-corrected chi connectivity index (χ0v) is 20.2. The molecule has 1 unspecified atom stereocenters. The van der Waals surface area contributed by atoms with Crippen molar-refractivity contribution in [3.8, 4) is 6.07 Å². The summed E-state index contributed by atoms with van der Waals surface area (Å²) in [6, 6.07) is 7.81. The Labute approximate surface area is 201 Å². The summed E-state index contributed by atoms with van der Waals surface area (Å²) in [5, 5.41) is 14.4. The average molecular weight is 493 g/mol. The Kier molecular flexibility index (Phi) is 4.95. The van der Waals surface area contributed by atoms with E-state index in [1.807, 2.05) is 12.1 Å². The molecule has 2 atom stereocenters. The minimum Gasteiger partial charge on any atom is -0.378 e. The van der Waals surface area contributed by atoms with Crippen molar-refractivity contribution < 1.29 is 17.7 Å². The Morgan fingerprint density at radius 1 is 1.26 bits per heavy atom. The van der Waals surface area contributed by atoms with Crippen LogP contribution in [0.3, 0.4) is 0 Å². The van der Waals surface area contributed by atoms with Gasteiger partial charge in [-0.25, -0.2) is 13.4 Å². The summed E-state index contributed by atoms with van der Waals surface area (Å²) in [7, 11) is -3.35. The average Bonchev–Trinajstić information content (AvgIpc) is 3.40. The fourth-order valence-corrected chi connectivity index (χ4v) is 6.37. The summed E-state index contributed by atoms with van der Waals surface area (Å²) in [5.74, 6) is 1.29. The van der Waals surface area contributed by atoms with E-state index in [-0.39, 0.29) is 24.5 Å². The van der Waals surface area contributed by atoms with Crippen molar-refractivity contribution in [1.29, 1.82) is 5.26 Å². The first kappa shape index (κ1) is 22.1. The molecule has 0 spiro atoms. The van der Waals surface area contributed by atoms with Crippen molar-refractivity contribution in [1.82, 2.24) is 24.7 Å². The number of imidazole rings is 1. The zero-order chi connectivity index (χ0) is 24.4. The van der Waals surface area contributed by atoms with Crippen molar-refractivity contribution in [3.05, 3.63) is 47.5 Å². The first-order valence-corrected chi connectivity index (χ1v) is 13.5. The number of benzene rings is 1. The van der Waals surface area contributed by atoms with Gasteiger partial charge in [-0.2, -0.15) is 10.2 Å². The third kappa shape index (κ3) is 3.59. The van der Waals surface area contributed by atoms with Gasteiger partial charge in [0.25, 0.3) is 0 Å². The molecule has 2 fully saturated rings. The van der Waals surface area contributed by atoms with E-state index in [1.54, 1.807) is 12.3 Å². The predicted molar refractivity (Wildman–Crippen MR) is 126 cm³/mol. The van der Waals surface area contributed by atoms with Gasteiger partial charge in [0.15, 0.2) is 20.4 Å². The number of nitrogens with zero attached hydrogens (tertiary/aromatic N) is 6. The van der Waals surface area contributed by atoms with Crippen LogP contribution in [0.1, 0.15) is 61.8 Å². The monoisotopic (exact) mass is 492 g/mol. The molecule has 4 aromatic rings. The van der Waals surface area contributed by atoms with Gasteiger partial charge >= 0.3 is 0 Å². The Hall–Kier alpha value is -3.36. The van der Waals surface area contributed by atoms with Gasteiger partial charge in [0.2, 0.25) is 5.89 Å². The number of pyridine rings is 1. The molecule has 35 heavy (non-hydrogen) atoms. The molecule has 1 aliphatic carbocycles. The highest BCUT2D eigenvalue weighted by atomic mass is 32.2. The van der Waals surface area contributed by atoms with Crippen LogP contribution in [-0.4, -0.2) is 52.1 Å². The van der Waals surface area contributed by atoms with Crippen LogP contribution in [0.2, 0.25) is 0 Å². The Balaban J connectivity index is 1.49. The van der Waals surface area contributed by atoms with Gasteiger partial charge in [0, 0.05) is 24.3 Å². The van der Waals surface area contributed by atoms with Gasteiger partial charge in [-0.3, -0.25) is 4.98 Å². The van der Waals surface area contributed by atoms with Crippen molar-refractivity contribution in [2.24, 2.45) is 0 Å². The van der Waals surface area contributed by atoms with E-state index in [2.05, 4.69) is 32.7 Å². The molecule has 4 heterocycles. The van der Waals surface area contributed by atoms with Gasteiger partial charge in [-0.15, -0.1) is 0 Å². The lowest BCUT2D eigenvalue weighted by atomic mass is 10.0. The summed E-state index contributed by atoms with van der Waals surface area (Å²) >= 11 is 0. The maximum Gasteiger partial charge on any atom is 0.248 e. The fraction of sp³-hybridized carbons (Fsp3) is 0.458. The predicted octanol–water partition coefficient (Wildman–Crippen LogP) is 3.20. The first-order valence-electron chi connectivity index (χ1n) is 11.6. The molecule has 1 saturated carbocycles. The zero-order valence-electron chi connectivity index (χ0n) is 19.4. The summed E-state index contributed by atoms with van der Waals surface area (Å²) in [6.45, 7) is 2.70. The molecule has 0 amide bonds. The second-order valence-electron chi connectivity index (χ2n) is 9.55. The largest absolute Gasteiger partial charge is 0.378 e. The van der Waals surface area contributed by atoms with Crippen molar-refractivity contribution in [2.45, 2.75) is 55.9 Å². The molecule has 0 N–H and O–H groups in total. The normalized spacial score (nSPS) is 21.9. The highest BCUT2D eigenvalue weighted by Crippen LogP contribution is 2.51. The van der Waals surface area contributed by atoms with Crippen LogP contribution < -0.4 is 0 Å². The summed E-state index contributed by atoms with van der Waals surface area (Å²) in [5.41, 5.74) is 2.98. The van der Waals surface area contributed by atoms with E-state index in [1.165, 1.54) is 6.26 Å². The minimum absolute atomic E-state index is 0.100. The number of nitriles is 1. The van der Waals surface area contributed by atoms with E-state index in [4.69, 9.17) is 14.2 Å². The Bertz CT molecular complexity index is 1610. The maximum atomic E-state index is 12.3. The standard InChI is InChI=1S/C24H24N6O4S/c1-14-9-16(5-8-33-14)30-21(11-20-28-23(34-29-20)24(6-7-24)35(2,31)32)27-19-13-26-18-4-3-15(12-25)10-17(18)22(19)30/h3-4,10,13-14,16H,5-9,11H2,1-2H3/t14-,16?/m1/s1. The third-order valence-electron chi connectivity index (χ3n) is 7.13. The van der Waals surface area contributed by atoms with Gasteiger partial charge in [0.05, 0.1) is 41.4 Å². The number of ether oxygens (including phenoxy) is 1. The topological polar surface area (TPSA) is 137 Å². The van der Waals surface area contributed by atoms with E-state index in [0.29, 0.717) is 30.8 Å². The molecule has 1 aromatic carbocycles. The molecule has 10 nitrogen and oxygen atoms in total. The second kappa shape index (κ2) is 7.83. The second-order valence-corrected chi connectivity index (χ2v) is 11.9. The summed E-state index contributed by atoms with van der Waals surface area (Å²) < 4.78 is 36.9. The molecule has 11 heteroatoms. The maximum absolute atomic E-state index is 12.3. The lowest BCUT2D eigenvalue weighted by Gasteiger charge is -2.30. The molecule has 3 aromatic heterocycles. The molecular weight excluding hydrogens is 468 g/mol. The molecule has 0 bridgehead atoms. The van der Waals surface area contributed by atoms with Crippen molar-refractivity contribution >= 4 is 31.8 Å². The molecule has 180 valence electrons. The van der Waals surface area contributed by atoms with Gasteiger partial charge in [-0.1, -0.05) is 5.16 Å². The van der Waals surface area contributed by atoms with E-state index in [0.717, 1.165) is 40.6 Å². The number of sulfone groups is 1. The fourth-order valence-electron chi connectivity index (χ4n) is 5.13. The lowest BCUT2D eigenvalue weighted by molar-refractivity contribution is 0.00630. The molecule has 1 saturated heterocycles. The van der Waals surface area contributed by atoms with Crippen LogP contribution in [0.5, 0.6) is 0 Å². The van der Waals surface area contributed by atoms with Crippen LogP contribution in [0.4, 0.5) is 0 Å². The Morgan fingerprint density at radius 3 is 2.80 bits per heavy atom. The van der Waals surface area contributed by atoms with Crippen LogP contribution in [0.15, 0.2) is 28.9 Å². The van der Waals surface area contributed by atoms with E-state index in [9.17, 15) is 13.7 Å². The quantitative estimate of drug-likeness (QED) is 0.411. The highest BCUT2D eigenvalue weighted by molar-refractivity contribution is 7.91. The number of rotatable bonds is 5. The van der Waals surface area contributed by atoms with E-state index >= 15 is 0 Å². The highest BCUT2D eigenvalue weighted by Gasteiger charge is 2.58. The van der Waals surface area contributed by atoms with Crippen LogP contribution in [-0.2, 0) is 25.7 Å². The smallest absolute Gasteiger partial charge is 0.248 e. The van der Waals surface area contributed by atoms with Crippen molar-refractivity contribution in [2.75, 3.05) is 12.9 Å². The molecular formula is C24H24N6O4S. The minimum atomic E-state index is -3.35. The van der Waals surface area contributed by atoms with Crippen LogP contribution >= 0.6 is 0 Å². The number of hydrogen-bond donors (Lipinski definition) is 0. The SMILES string of the molecule is C[C@@H]1CC(n2c(Cc3noc(C4(S(C)(=O)=O)CC4)n3)nc3cnc4ccc(C#N)cc4c32)CCO1.